The van der Waals surface area contributed by atoms with Gasteiger partial charge in [-0.2, -0.15) is 0 Å². The molecule has 1 aromatic heterocycles. The summed E-state index contributed by atoms with van der Waals surface area (Å²) < 4.78 is 0.871. The Morgan fingerprint density at radius 1 is 1.18 bits per heavy atom. The Bertz CT molecular complexity index is 456. The SMILES string of the molecule is Cc1nc(N2C(=O)CCCCC2=O)ccc1Br. The van der Waals surface area contributed by atoms with Gasteiger partial charge in [-0.05, 0) is 47.8 Å². The topological polar surface area (TPSA) is 50.3 Å². The highest BCUT2D eigenvalue weighted by Crippen LogP contribution is 2.23. The number of halogens is 1. The fraction of sp³-hybridized carbons (Fsp3) is 0.417. The highest BCUT2D eigenvalue weighted by molar-refractivity contribution is 9.10. The molecule has 1 aromatic rings. The van der Waals surface area contributed by atoms with Crippen LogP contribution in [0, 0.1) is 6.92 Å². The van der Waals surface area contributed by atoms with Crippen molar-refractivity contribution < 1.29 is 9.59 Å². The molecule has 0 bridgehead atoms. The third-order valence-corrected chi connectivity index (χ3v) is 3.60. The molecule has 2 rings (SSSR count). The van der Waals surface area contributed by atoms with Gasteiger partial charge in [0, 0.05) is 17.3 Å². The Balaban J connectivity index is 2.38. The largest absolute Gasteiger partial charge is 0.274 e. The zero-order valence-corrected chi connectivity index (χ0v) is 11.2. The quantitative estimate of drug-likeness (QED) is 0.749. The van der Waals surface area contributed by atoms with Gasteiger partial charge in [-0.25, -0.2) is 9.88 Å². The van der Waals surface area contributed by atoms with Crippen molar-refractivity contribution >= 4 is 33.6 Å². The standard InChI is InChI=1S/C12H13BrN2O2/c1-8-9(13)6-7-10(14-8)15-11(16)4-2-3-5-12(15)17/h6-7H,2-5H2,1H3. The number of rotatable bonds is 1. The van der Waals surface area contributed by atoms with Gasteiger partial charge >= 0.3 is 0 Å². The fourth-order valence-corrected chi connectivity index (χ4v) is 2.05. The normalized spacial score (nSPS) is 17.2. The summed E-state index contributed by atoms with van der Waals surface area (Å²) in [6, 6.07) is 3.50. The smallest absolute Gasteiger partial charge is 0.234 e. The third kappa shape index (κ3) is 2.54. The van der Waals surface area contributed by atoms with Crippen molar-refractivity contribution in [1.29, 1.82) is 0 Å². The summed E-state index contributed by atoms with van der Waals surface area (Å²) in [6.45, 7) is 1.83. The number of anilines is 1. The zero-order chi connectivity index (χ0) is 12.4. The molecule has 1 aliphatic rings. The number of imide groups is 1. The molecule has 0 unspecified atom stereocenters. The molecule has 0 atom stereocenters. The molecule has 0 saturated carbocycles. The number of amides is 2. The molecule has 4 nitrogen and oxygen atoms in total. The van der Waals surface area contributed by atoms with Crippen LogP contribution in [0.25, 0.3) is 0 Å². The Morgan fingerprint density at radius 2 is 1.76 bits per heavy atom. The Labute approximate surface area is 108 Å². The van der Waals surface area contributed by atoms with E-state index >= 15 is 0 Å². The van der Waals surface area contributed by atoms with E-state index in [9.17, 15) is 9.59 Å². The first-order valence-electron chi connectivity index (χ1n) is 5.58. The van der Waals surface area contributed by atoms with Crippen molar-refractivity contribution in [1.82, 2.24) is 4.98 Å². The number of carbonyl (C=O) groups excluding carboxylic acids is 2. The summed E-state index contributed by atoms with van der Waals surface area (Å²) >= 11 is 3.35. The van der Waals surface area contributed by atoms with Crippen LogP contribution in [-0.2, 0) is 9.59 Å². The first kappa shape index (κ1) is 12.2. The molecule has 0 aliphatic carbocycles. The Morgan fingerprint density at radius 3 is 2.29 bits per heavy atom. The maximum absolute atomic E-state index is 11.9. The van der Waals surface area contributed by atoms with Gasteiger partial charge in [0.1, 0.15) is 5.82 Å². The van der Waals surface area contributed by atoms with Crippen molar-refractivity contribution in [3.8, 4) is 0 Å². The molecule has 0 radical (unpaired) electrons. The fourth-order valence-electron chi connectivity index (χ4n) is 1.83. The molecule has 1 fully saturated rings. The minimum absolute atomic E-state index is 0.151. The summed E-state index contributed by atoms with van der Waals surface area (Å²) in [5, 5.41) is 0. The monoisotopic (exact) mass is 296 g/mol. The van der Waals surface area contributed by atoms with Gasteiger partial charge in [0.05, 0.1) is 5.69 Å². The summed E-state index contributed by atoms with van der Waals surface area (Å²) in [5.41, 5.74) is 0.771. The summed E-state index contributed by atoms with van der Waals surface area (Å²) in [5.74, 6) is 0.131. The second-order valence-corrected chi connectivity index (χ2v) is 4.92. The van der Waals surface area contributed by atoms with Gasteiger partial charge in [0.2, 0.25) is 11.8 Å². The van der Waals surface area contributed by atoms with E-state index in [1.165, 1.54) is 4.90 Å². The van der Waals surface area contributed by atoms with E-state index in [2.05, 4.69) is 20.9 Å². The molecule has 1 aliphatic heterocycles. The maximum atomic E-state index is 11.9. The van der Waals surface area contributed by atoms with Crippen LogP contribution in [0.3, 0.4) is 0 Å². The van der Waals surface area contributed by atoms with Crippen molar-refractivity contribution in [3.63, 3.8) is 0 Å². The molecule has 17 heavy (non-hydrogen) atoms. The van der Waals surface area contributed by atoms with Gasteiger partial charge in [0.15, 0.2) is 0 Å². The van der Waals surface area contributed by atoms with Gasteiger partial charge < -0.3 is 0 Å². The van der Waals surface area contributed by atoms with E-state index in [0.717, 1.165) is 23.0 Å². The summed E-state index contributed by atoms with van der Waals surface area (Å²) in [6.07, 6.45) is 2.39. The molecular formula is C12H13BrN2O2. The molecule has 1 saturated heterocycles. The van der Waals surface area contributed by atoms with Crippen LogP contribution in [0.2, 0.25) is 0 Å². The van der Waals surface area contributed by atoms with Gasteiger partial charge in [-0.3, -0.25) is 9.59 Å². The van der Waals surface area contributed by atoms with Gasteiger partial charge in [0.25, 0.3) is 0 Å². The molecule has 0 N–H and O–H groups in total. The highest BCUT2D eigenvalue weighted by Gasteiger charge is 2.26. The number of hydrogen-bond acceptors (Lipinski definition) is 3. The Kier molecular flexibility index (Phi) is 3.57. The number of nitrogens with zero attached hydrogens (tertiary/aromatic N) is 2. The number of carbonyl (C=O) groups is 2. The summed E-state index contributed by atoms with van der Waals surface area (Å²) in [7, 11) is 0. The van der Waals surface area contributed by atoms with E-state index in [4.69, 9.17) is 0 Å². The van der Waals surface area contributed by atoms with E-state index < -0.39 is 0 Å². The lowest BCUT2D eigenvalue weighted by Gasteiger charge is -2.18. The third-order valence-electron chi connectivity index (χ3n) is 2.77. The zero-order valence-electron chi connectivity index (χ0n) is 9.57. The van der Waals surface area contributed by atoms with Crippen molar-refractivity contribution in [2.24, 2.45) is 0 Å². The second-order valence-electron chi connectivity index (χ2n) is 4.07. The van der Waals surface area contributed by atoms with Crippen molar-refractivity contribution in [3.05, 3.63) is 22.3 Å². The average molecular weight is 297 g/mol. The lowest BCUT2D eigenvalue weighted by Crippen LogP contribution is -2.35. The average Bonchev–Trinajstić information content (AvgIpc) is 2.45. The van der Waals surface area contributed by atoms with Gasteiger partial charge in [-0.15, -0.1) is 0 Å². The predicted molar refractivity (Wildman–Crippen MR) is 67.6 cm³/mol. The van der Waals surface area contributed by atoms with Gasteiger partial charge in [-0.1, -0.05) is 0 Å². The Hall–Kier alpha value is -1.23. The second kappa shape index (κ2) is 4.96. The first-order valence-corrected chi connectivity index (χ1v) is 6.38. The van der Waals surface area contributed by atoms with Crippen LogP contribution in [0.1, 0.15) is 31.4 Å². The number of pyridine rings is 1. The molecule has 0 spiro atoms. The summed E-state index contributed by atoms with van der Waals surface area (Å²) in [4.78, 5) is 29.2. The number of hydrogen-bond donors (Lipinski definition) is 0. The molecule has 90 valence electrons. The van der Waals surface area contributed by atoms with E-state index in [1.807, 2.05) is 13.0 Å². The minimum Gasteiger partial charge on any atom is -0.274 e. The van der Waals surface area contributed by atoms with E-state index in [-0.39, 0.29) is 11.8 Å². The van der Waals surface area contributed by atoms with Crippen LogP contribution in [-0.4, -0.2) is 16.8 Å². The number of aromatic nitrogens is 1. The van der Waals surface area contributed by atoms with Crippen LogP contribution in [0.4, 0.5) is 5.82 Å². The van der Waals surface area contributed by atoms with E-state index in [0.29, 0.717) is 18.7 Å². The van der Waals surface area contributed by atoms with E-state index in [1.54, 1.807) is 6.07 Å². The molecule has 2 amide bonds. The van der Waals surface area contributed by atoms with Crippen LogP contribution in [0.15, 0.2) is 16.6 Å². The lowest BCUT2D eigenvalue weighted by atomic mass is 10.2. The van der Waals surface area contributed by atoms with Crippen LogP contribution < -0.4 is 4.90 Å². The van der Waals surface area contributed by atoms with Crippen LogP contribution in [0.5, 0.6) is 0 Å². The maximum Gasteiger partial charge on any atom is 0.234 e. The molecule has 2 heterocycles. The highest BCUT2D eigenvalue weighted by atomic mass is 79.9. The lowest BCUT2D eigenvalue weighted by molar-refractivity contribution is -0.125. The van der Waals surface area contributed by atoms with Crippen LogP contribution >= 0.6 is 15.9 Å². The van der Waals surface area contributed by atoms with Crippen molar-refractivity contribution in [2.75, 3.05) is 4.90 Å². The molecule has 5 heteroatoms. The molecular weight excluding hydrogens is 284 g/mol. The number of aryl methyl sites for hydroxylation is 1. The predicted octanol–water partition coefficient (Wildman–Crippen LogP) is 2.59. The minimum atomic E-state index is -0.151. The molecule has 0 aromatic carbocycles. The first-order chi connectivity index (χ1) is 8.09. The van der Waals surface area contributed by atoms with Crippen molar-refractivity contribution in [2.45, 2.75) is 32.6 Å².